The lowest BCUT2D eigenvalue weighted by Crippen LogP contribution is -2.46. The van der Waals surface area contributed by atoms with Crippen molar-refractivity contribution in [3.8, 4) is 0 Å². The van der Waals surface area contributed by atoms with Crippen LogP contribution in [0.3, 0.4) is 0 Å². The molecule has 5 atom stereocenters. The summed E-state index contributed by atoms with van der Waals surface area (Å²) in [4.78, 5) is 0. The van der Waals surface area contributed by atoms with Gasteiger partial charge < -0.3 is 30.3 Å². The minimum atomic E-state index is -2.18. The van der Waals surface area contributed by atoms with Crippen LogP contribution in [-0.4, -0.2) is 62.3 Å². The van der Waals surface area contributed by atoms with Crippen LogP contribution in [0.4, 0.5) is 0 Å². The number of aliphatic hydroxyl groups is 5. The van der Waals surface area contributed by atoms with Crippen molar-refractivity contribution in [2.75, 3.05) is 6.61 Å². The van der Waals surface area contributed by atoms with Crippen molar-refractivity contribution in [1.29, 1.82) is 0 Å². The first kappa shape index (κ1) is 10.8. The zero-order valence-corrected chi connectivity index (χ0v) is 7.16. The Balaban J connectivity index is 2.78. The molecule has 13 heavy (non-hydrogen) atoms. The highest BCUT2D eigenvalue weighted by Crippen LogP contribution is 2.30. The van der Waals surface area contributed by atoms with Crippen molar-refractivity contribution in [2.45, 2.75) is 37.1 Å². The Hall–Kier alpha value is -0.240. The van der Waals surface area contributed by atoms with Crippen LogP contribution < -0.4 is 0 Å². The molecule has 0 bridgehead atoms. The molecule has 6 nitrogen and oxygen atoms in total. The molecule has 1 fully saturated rings. The van der Waals surface area contributed by atoms with E-state index in [0.717, 1.165) is 0 Å². The molecule has 1 saturated heterocycles. The fourth-order valence-corrected chi connectivity index (χ4v) is 1.34. The molecular formula is C7H14O6. The third kappa shape index (κ3) is 1.69. The maximum Gasteiger partial charge on any atom is 0.219 e. The van der Waals surface area contributed by atoms with Crippen LogP contribution in [0.5, 0.6) is 0 Å². The van der Waals surface area contributed by atoms with Gasteiger partial charge in [-0.1, -0.05) is 0 Å². The second kappa shape index (κ2) is 3.49. The molecule has 78 valence electrons. The van der Waals surface area contributed by atoms with Gasteiger partial charge in [0.2, 0.25) is 5.79 Å². The van der Waals surface area contributed by atoms with E-state index in [4.69, 9.17) is 14.9 Å². The maximum absolute atomic E-state index is 9.36. The topological polar surface area (TPSA) is 110 Å². The lowest BCUT2D eigenvalue weighted by atomic mass is 10.0. The van der Waals surface area contributed by atoms with Crippen LogP contribution in [0.25, 0.3) is 0 Å². The van der Waals surface area contributed by atoms with Gasteiger partial charge in [0.1, 0.15) is 18.3 Å². The quantitative estimate of drug-likeness (QED) is 0.324. The van der Waals surface area contributed by atoms with E-state index in [1.54, 1.807) is 0 Å². The number of aliphatic hydroxyl groups excluding tert-OH is 4. The molecule has 1 aliphatic heterocycles. The minimum Gasteiger partial charge on any atom is -0.391 e. The average molecular weight is 194 g/mol. The summed E-state index contributed by atoms with van der Waals surface area (Å²) >= 11 is 0. The molecule has 0 radical (unpaired) electrons. The Morgan fingerprint density at radius 2 is 2.00 bits per heavy atom. The Kier molecular flexibility index (Phi) is 2.91. The second-order valence-electron chi connectivity index (χ2n) is 3.26. The van der Waals surface area contributed by atoms with Gasteiger partial charge in [0, 0.05) is 0 Å². The standard InChI is InChI=1S/C7H14O6/c1-3(9)5-4(10)6(11)7(12,2-8)13-5/h3-6,8-12H,2H2,1H3/t3-,4-,5+,6+,7+/m1/s1. The second-order valence-corrected chi connectivity index (χ2v) is 3.26. The molecule has 0 aromatic carbocycles. The van der Waals surface area contributed by atoms with Gasteiger partial charge in [-0.2, -0.15) is 0 Å². The van der Waals surface area contributed by atoms with Crippen molar-refractivity contribution in [3.63, 3.8) is 0 Å². The van der Waals surface area contributed by atoms with Crippen LogP contribution in [0.1, 0.15) is 6.92 Å². The Bertz CT molecular complexity index is 184. The summed E-state index contributed by atoms with van der Waals surface area (Å²) in [5, 5.41) is 45.7. The van der Waals surface area contributed by atoms with E-state index < -0.39 is 36.8 Å². The number of hydrogen-bond acceptors (Lipinski definition) is 6. The zero-order chi connectivity index (χ0) is 10.2. The molecule has 0 aliphatic carbocycles. The predicted molar refractivity (Wildman–Crippen MR) is 40.6 cm³/mol. The smallest absolute Gasteiger partial charge is 0.219 e. The summed E-state index contributed by atoms with van der Waals surface area (Å²) in [5.41, 5.74) is 0. The largest absolute Gasteiger partial charge is 0.391 e. The monoisotopic (exact) mass is 194 g/mol. The van der Waals surface area contributed by atoms with Crippen LogP contribution >= 0.6 is 0 Å². The molecule has 0 unspecified atom stereocenters. The van der Waals surface area contributed by atoms with Crippen molar-refractivity contribution in [3.05, 3.63) is 0 Å². The van der Waals surface area contributed by atoms with Gasteiger partial charge in [-0.15, -0.1) is 0 Å². The first-order valence-electron chi connectivity index (χ1n) is 3.97. The molecule has 1 aliphatic rings. The van der Waals surface area contributed by atoms with Gasteiger partial charge in [-0.25, -0.2) is 0 Å². The van der Waals surface area contributed by atoms with Crippen molar-refractivity contribution < 1.29 is 30.3 Å². The van der Waals surface area contributed by atoms with Gasteiger partial charge in [0.15, 0.2) is 0 Å². The molecule has 0 amide bonds. The maximum atomic E-state index is 9.36. The number of ether oxygens (including phenoxy) is 1. The Morgan fingerprint density at radius 1 is 1.46 bits per heavy atom. The lowest BCUT2D eigenvalue weighted by Gasteiger charge is -2.23. The lowest BCUT2D eigenvalue weighted by molar-refractivity contribution is -0.252. The molecule has 1 heterocycles. The van der Waals surface area contributed by atoms with Gasteiger partial charge in [-0.3, -0.25) is 0 Å². The van der Waals surface area contributed by atoms with E-state index in [9.17, 15) is 15.3 Å². The molecule has 0 aromatic heterocycles. The van der Waals surface area contributed by atoms with Gasteiger partial charge >= 0.3 is 0 Å². The third-order valence-electron chi connectivity index (χ3n) is 2.16. The average Bonchev–Trinajstić information content (AvgIpc) is 2.31. The summed E-state index contributed by atoms with van der Waals surface area (Å²) in [6, 6.07) is 0. The molecule has 1 rings (SSSR count). The SMILES string of the molecule is C[C@@H](O)[C@@H]1O[C@@](O)(CO)[C@@H](O)[C@@H]1O. The van der Waals surface area contributed by atoms with Crippen LogP contribution in [0.2, 0.25) is 0 Å². The van der Waals surface area contributed by atoms with Crippen molar-refractivity contribution in [2.24, 2.45) is 0 Å². The Morgan fingerprint density at radius 3 is 2.23 bits per heavy atom. The number of hydrogen-bond donors (Lipinski definition) is 5. The van der Waals surface area contributed by atoms with Crippen molar-refractivity contribution in [1.82, 2.24) is 0 Å². The molecule has 0 aromatic rings. The summed E-state index contributed by atoms with van der Waals surface area (Å²) in [6.45, 7) is 0.512. The highest BCUT2D eigenvalue weighted by molar-refractivity contribution is 4.96. The highest BCUT2D eigenvalue weighted by Gasteiger charge is 2.54. The summed E-state index contributed by atoms with van der Waals surface area (Å²) < 4.78 is 4.74. The van der Waals surface area contributed by atoms with Crippen LogP contribution in [0, 0.1) is 0 Å². The predicted octanol–water partition coefficient (Wildman–Crippen LogP) is -2.83. The third-order valence-corrected chi connectivity index (χ3v) is 2.16. The van der Waals surface area contributed by atoms with E-state index in [1.165, 1.54) is 6.92 Å². The van der Waals surface area contributed by atoms with Gasteiger partial charge in [0.05, 0.1) is 12.7 Å². The number of rotatable bonds is 2. The molecule has 0 saturated carbocycles. The fourth-order valence-electron chi connectivity index (χ4n) is 1.34. The zero-order valence-electron chi connectivity index (χ0n) is 7.16. The fraction of sp³-hybridized carbons (Fsp3) is 1.00. The van der Waals surface area contributed by atoms with Crippen LogP contribution in [-0.2, 0) is 4.74 Å². The summed E-state index contributed by atoms with van der Waals surface area (Å²) in [7, 11) is 0. The van der Waals surface area contributed by atoms with E-state index in [2.05, 4.69) is 0 Å². The summed E-state index contributed by atoms with van der Waals surface area (Å²) in [6.07, 6.45) is -5.15. The molecular weight excluding hydrogens is 180 g/mol. The first-order chi connectivity index (χ1) is 5.92. The Labute approximate surface area is 75.0 Å². The highest BCUT2D eigenvalue weighted by atomic mass is 16.7. The molecule has 0 spiro atoms. The van der Waals surface area contributed by atoms with Gasteiger partial charge in [-0.05, 0) is 6.92 Å². The van der Waals surface area contributed by atoms with Gasteiger partial charge in [0.25, 0.3) is 0 Å². The molecule has 6 heteroatoms. The van der Waals surface area contributed by atoms with E-state index >= 15 is 0 Å². The minimum absolute atomic E-state index is 0.839. The van der Waals surface area contributed by atoms with Crippen LogP contribution in [0.15, 0.2) is 0 Å². The molecule has 5 N–H and O–H groups in total. The van der Waals surface area contributed by atoms with E-state index in [1.807, 2.05) is 0 Å². The normalized spacial score (nSPS) is 48.0. The van der Waals surface area contributed by atoms with Crippen molar-refractivity contribution >= 4 is 0 Å². The van der Waals surface area contributed by atoms with E-state index in [0.29, 0.717) is 0 Å². The first-order valence-corrected chi connectivity index (χ1v) is 3.97. The van der Waals surface area contributed by atoms with E-state index in [-0.39, 0.29) is 0 Å². The summed E-state index contributed by atoms with van der Waals surface area (Å²) in [5.74, 6) is -2.18.